The van der Waals surface area contributed by atoms with Crippen molar-refractivity contribution >= 4 is 17.5 Å². The summed E-state index contributed by atoms with van der Waals surface area (Å²) in [7, 11) is 7.77. The fourth-order valence-electron chi connectivity index (χ4n) is 5.82. The SMILES string of the molecule is COc1ccc(CNC(=O)[C@@H](Nc2ccc3c(cc2=O)[C@@H](NC(C)=O)CCc2cc(OC)c(OC)c(OC)c2-3)C(C)C)cc1OC. The fraction of sp³-hybridized carbons (Fsp3) is 0.400. The summed E-state index contributed by atoms with van der Waals surface area (Å²) in [6, 6.07) is 11.2. The molecule has 0 spiro atoms. The van der Waals surface area contributed by atoms with Crippen molar-refractivity contribution in [3.63, 3.8) is 0 Å². The first kappa shape index (κ1) is 34.0. The van der Waals surface area contributed by atoms with E-state index >= 15 is 0 Å². The molecule has 11 heteroatoms. The number of hydrogen-bond donors (Lipinski definition) is 3. The Bertz CT molecular complexity index is 1660. The zero-order chi connectivity index (χ0) is 33.5. The quantitative estimate of drug-likeness (QED) is 0.261. The number of fused-ring (bicyclic) bond motifs is 3. The third-order valence-corrected chi connectivity index (χ3v) is 8.09. The van der Waals surface area contributed by atoms with Gasteiger partial charge in [0.05, 0.1) is 47.3 Å². The molecule has 46 heavy (non-hydrogen) atoms. The number of hydrogen-bond acceptors (Lipinski definition) is 9. The van der Waals surface area contributed by atoms with E-state index in [-0.39, 0.29) is 35.4 Å². The van der Waals surface area contributed by atoms with E-state index in [1.54, 1.807) is 46.6 Å². The van der Waals surface area contributed by atoms with E-state index in [1.807, 2.05) is 32.0 Å². The Labute approximate surface area is 269 Å². The van der Waals surface area contributed by atoms with Gasteiger partial charge in [-0.05, 0) is 71.3 Å². The van der Waals surface area contributed by atoms with Crippen molar-refractivity contribution < 1.29 is 33.3 Å². The molecule has 0 fully saturated rings. The van der Waals surface area contributed by atoms with Crippen LogP contribution in [-0.4, -0.2) is 53.4 Å². The maximum Gasteiger partial charge on any atom is 0.243 e. The number of carbonyl (C=O) groups excluding carboxylic acids is 2. The lowest BCUT2D eigenvalue weighted by Crippen LogP contribution is -2.43. The number of ether oxygens (including phenoxy) is 5. The number of benzene rings is 2. The van der Waals surface area contributed by atoms with Crippen LogP contribution >= 0.6 is 0 Å². The molecule has 3 N–H and O–H groups in total. The van der Waals surface area contributed by atoms with Crippen molar-refractivity contribution in [3.05, 3.63) is 69.4 Å². The predicted molar refractivity (Wildman–Crippen MR) is 176 cm³/mol. The van der Waals surface area contributed by atoms with Crippen LogP contribution in [0.25, 0.3) is 11.1 Å². The number of anilines is 1. The third kappa shape index (κ3) is 7.14. The van der Waals surface area contributed by atoms with Gasteiger partial charge in [-0.15, -0.1) is 0 Å². The highest BCUT2D eigenvalue weighted by Crippen LogP contribution is 2.50. The molecule has 246 valence electrons. The van der Waals surface area contributed by atoms with Crippen LogP contribution in [0, 0.1) is 5.92 Å². The standard InChI is InChI=1S/C35H43N3O8/c1-19(2)32(35(41)36-18-21-9-14-28(42-4)29(15-21)43-5)38-26-13-11-23-24(17-27(26)40)25(37-20(3)39)12-10-22-16-30(44-6)33(45-7)34(46-8)31(22)23/h9,11,13-17,19,25,32H,10,12,18H2,1-8H3,(H,36,41)(H,37,39)(H,38,40)/t25-,32-/m0/s1. The second kappa shape index (κ2) is 14.9. The molecule has 0 heterocycles. The highest BCUT2D eigenvalue weighted by Gasteiger charge is 2.30. The molecule has 1 aliphatic rings. The summed E-state index contributed by atoms with van der Waals surface area (Å²) in [5.74, 6) is 1.92. The average Bonchev–Trinajstić information content (AvgIpc) is 3.28. The van der Waals surface area contributed by atoms with Gasteiger partial charge in [-0.25, -0.2) is 0 Å². The molecule has 0 aromatic heterocycles. The van der Waals surface area contributed by atoms with E-state index in [4.69, 9.17) is 23.7 Å². The first-order valence-electron chi connectivity index (χ1n) is 15.1. The first-order valence-corrected chi connectivity index (χ1v) is 15.1. The minimum Gasteiger partial charge on any atom is -0.493 e. The number of carbonyl (C=O) groups is 2. The summed E-state index contributed by atoms with van der Waals surface area (Å²) in [5.41, 5.74) is 3.76. The monoisotopic (exact) mass is 633 g/mol. The number of methoxy groups -OCH3 is 5. The Morgan fingerprint density at radius 2 is 1.54 bits per heavy atom. The molecule has 0 saturated carbocycles. The highest BCUT2D eigenvalue weighted by atomic mass is 16.5. The van der Waals surface area contributed by atoms with Gasteiger partial charge in [0.1, 0.15) is 6.04 Å². The zero-order valence-electron chi connectivity index (χ0n) is 27.7. The first-order chi connectivity index (χ1) is 22.1. The van der Waals surface area contributed by atoms with E-state index in [1.165, 1.54) is 20.1 Å². The molecule has 0 aliphatic heterocycles. The largest absolute Gasteiger partial charge is 0.493 e. The second-order valence-electron chi connectivity index (χ2n) is 11.4. The van der Waals surface area contributed by atoms with Crippen molar-refractivity contribution in [1.29, 1.82) is 0 Å². The summed E-state index contributed by atoms with van der Waals surface area (Å²) < 4.78 is 27.8. The number of aryl methyl sites for hydroxylation is 1. The van der Waals surface area contributed by atoms with Gasteiger partial charge in [-0.3, -0.25) is 14.4 Å². The maximum absolute atomic E-state index is 13.8. The lowest BCUT2D eigenvalue weighted by Gasteiger charge is -2.22. The smallest absolute Gasteiger partial charge is 0.243 e. The lowest BCUT2D eigenvalue weighted by atomic mass is 9.95. The van der Waals surface area contributed by atoms with Gasteiger partial charge in [0.15, 0.2) is 23.0 Å². The van der Waals surface area contributed by atoms with Gasteiger partial charge < -0.3 is 39.6 Å². The maximum atomic E-state index is 13.8. The molecule has 2 amide bonds. The minimum atomic E-state index is -0.715. The van der Waals surface area contributed by atoms with E-state index in [0.29, 0.717) is 52.7 Å². The third-order valence-electron chi connectivity index (χ3n) is 8.09. The molecule has 3 aromatic carbocycles. The van der Waals surface area contributed by atoms with Crippen LogP contribution in [0.15, 0.2) is 47.3 Å². The van der Waals surface area contributed by atoms with Crippen LogP contribution in [-0.2, 0) is 22.6 Å². The Kier molecular flexibility index (Phi) is 11.0. The Balaban J connectivity index is 1.75. The molecule has 0 unspecified atom stereocenters. The van der Waals surface area contributed by atoms with Gasteiger partial charge in [0.25, 0.3) is 0 Å². The van der Waals surface area contributed by atoms with Crippen LogP contribution < -0.4 is 45.1 Å². The molecule has 0 saturated heterocycles. The van der Waals surface area contributed by atoms with Crippen LogP contribution in [0.5, 0.6) is 28.7 Å². The summed E-state index contributed by atoms with van der Waals surface area (Å²) in [5, 5.41) is 9.18. The van der Waals surface area contributed by atoms with Gasteiger partial charge >= 0.3 is 0 Å². The summed E-state index contributed by atoms with van der Waals surface area (Å²) in [6.07, 6.45) is 1.13. The Morgan fingerprint density at radius 3 is 2.15 bits per heavy atom. The normalized spacial score (nSPS) is 14.2. The average molecular weight is 634 g/mol. The van der Waals surface area contributed by atoms with Crippen LogP contribution in [0.1, 0.15) is 49.9 Å². The van der Waals surface area contributed by atoms with Crippen LogP contribution in [0.2, 0.25) is 0 Å². The molecular weight excluding hydrogens is 590 g/mol. The number of nitrogens with one attached hydrogen (secondary N) is 3. The van der Waals surface area contributed by atoms with Crippen LogP contribution in [0.3, 0.4) is 0 Å². The fourth-order valence-corrected chi connectivity index (χ4v) is 5.82. The molecule has 3 aromatic rings. The number of amides is 2. The topological polar surface area (TPSA) is 133 Å². The van der Waals surface area contributed by atoms with Crippen LogP contribution in [0.4, 0.5) is 5.69 Å². The van der Waals surface area contributed by atoms with Crippen molar-refractivity contribution in [1.82, 2.24) is 10.6 Å². The summed E-state index contributed by atoms with van der Waals surface area (Å²) in [4.78, 5) is 39.5. The van der Waals surface area contributed by atoms with Gasteiger partial charge in [0.2, 0.25) is 23.0 Å². The molecule has 4 rings (SSSR count). The molecule has 2 atom stereocenters. The second-order valence-corrected chi connectivity index (χ2v) is 11.4. The number of rotatable bonds is 12. The molecule has 1 aliphatic carbocycles. The zero-order valence-corrected chi connectivity index (χ0v) is 27.7. The molecule has 11 nitrogen and oxygen atoms in total. The Morgan fingerprint density at radius 1 is 0.848 bits per heavy atom. The minimum absolute atomic E-state index is 0.155. The molecule has 0 radical (unpaired) electrons. The van der Waals surface area contributed by atoms with Gasteiger partial charge in [-0.1, -0.05) is 26.0 Å². The highest BCUT2D eigenvalue weighted by molar-refractivity contribution is 5.86. The Hall–Kier alpha value is -4.93. The van der Waals surface area contributed by atoms with E-state index in [9.17, 15) is 14.4 Å². The van der Waals surface area contributed by atoms with E-state index < -0.39 is 12.1 Å². The van der Waals surface area contributed by atoms with Crippen molar-refractivity contribution in [2.24, 2.45) is 5.92 Å². The predicted octanol–water partition coefficient (Wildman–Crippen LogP) is 4.63. The summed E-state index contributed by atoms with van der Waals surface area (Å²) in [6.45, 7) is 5.52. The van der Waals surface area contributed by atoms with Crippen molar-refractivity contribution in [2.45, 2.75) is 52.2 Å². The summed E-state index contributed by atoms with van der Waals surface area (Å²) >= 11 is 0. The molecular formula is C35H43N3O8. The molecule has 0 bridgehead atoms. The van der Waals surface area contributed by atoms with E-state index in [2.05, 4.69) is 16.0 Å². The van der Waals surface area contributed by atoms with Crippen molar-refractivity contribution in [2.75, 3.05) is 40.9 Å². The lowest BCUT2D eigenvalue weighted by molar-refractivity contribution is -0.123. The van der Waals surface area contributed by atoms with Crippen molar-refractivity contribution in [3.8, 4) is 39.9 Å². The van der Waals surface area contributed by atoms with E-state index in [0.717, 1.165) is 16.7 Å². The van der Waals surface area contributed by atoms with Gasteiger partial charge in [-0.2, -0.15) is 0 Å². The van der Waals surface area contributed by atoms with Gasteiger partial charge in [0, 0.05) is 19.0 Å².